The molecule has 0 radical (unpaired) electrons. The van der Waals surface area contributed by atoms with E-state index in [2.05, 4.69) is 14.9 Å². The zero-order chi connectivity index (χ0) is 16.2. The quantitative estimate of drug-likeness (QED) is 0.858. The Balaban J connectivity index is 1.57. The molecule has 3 heterocycles. The lowest BCUT2D eigenvalue weighted by molar-refractivity contribution is -0.131. The Morgan fingerprint density at radius 1 is 1.09 bits per heavy atom. The summed E-state index contributed by atoms with van der Waals surface area (Å²) in [6, 6.07) is 2.00. The third kappa shape index (κ3) is 4.28. The fourth-order valence-electron chi connectivity index (χ4n) is 3.72. The Kier molecular flexibility index (Phi) is 5.26. The molecule has 0 spiro atoms. The van der Waals surface area contributed by atoms with E-state index in [4.69, 9.17) is 0 Å². The van der Waals surface area contributed by atoms with E-state index in [1.54, 1.807) is 0 Å². The summed E-state index contributed by atoms with van der Waals surface area (Å²) < 4.78 is 0. The van der Waals surface area contributed by atoms with E-state index in [9.17, 15) is 4.79 Å². The van der Waals surface area contributed by atoms with Crippen LogP contribution < -0.4 is 0 Å². The van der Waals surface area contributed by atoms with Crippen LogP contribution in [0, 0.1) is 13.8 Å². The molecule has 0 aliphatic carbocycles. The molecule has 1 aromatic heterocycles. The lowest BCUT2D eigenvalue weighted by atomic mass is 10.1. The second kappa shape index (κ2) is 7.39. The van der Waals surface area contributed by atoms with E-state index in [1.165, 1.54) is 25.7 Å². The van der Waals surface area contributed by atoms with Crippen LogP contribution in [0.3, 0.4) is 0 Å². The van der Waals surface area contributed by atoms with Crippen molar-refractivity contribution in [1.82, 2.24) is 19.8 Å². The molecule has 5 nitrogen and oxygen atoms in total. The monoisotopic (exact) mass is 316 g/mol. The summed E-state index contributed by atoms with van der Waals surface area (Å²) in [6.45, 7) is 8.36. The molecule has 5 heteroatoms. The minimum Gasteiger partial charge on any atom is -0.341 e. The number of aromatic nitrogens is 2. The zero-order valence-electron chi connectivity index (χ0n) is 14.4. The smallest absolute Gasteiger partial charge is 0.236 e. The van der Waals surface area contributed by atoms with Crippen molar-refractivity contribution in [1.29, 1.82) is 0 Å². The normalized spacial score (nSPS) is 23.0. The summed E-state index contributed by atoms with van der Waals surface area (Å²) in [5, 5.41) is 0. The number of amides is 1. The van der Waals surface area contributed by atoms with Crippen LogP contribution in [0.5, 0.6) is 0 Å². The Morgan fingerprint density at radius 2 is 1.74 bits per heavy atom. The third-order valence-electron chi connectivity index (χ3n) is 4.96. The molecule has 1 atom stereocenters. The topological polar surface area (TPSA) is 49.3 Å². The van der Waals surface area contributed by atoms with E-state index < -0.39 is 0 Å². The number of nitrogens with zero attached hydrogens (tertiary/aromatic N) is 4. The van der Waals surface area contributed by atoms with E-state index in [-0.39, 0.29) is 5.91 Å². The molecule has 0 aromatic carbocycles. The molecule has 2 fully saturated rings. The molecule has 1 aromatic rings. The van der Waals surface area contributed by atoms with Crippen LogP contribution in [0.25, 0.3) is 0 Å². The van der Waals surface area contributed by atoms with Crippen LogP contribution in [0.2, 0.25) is 0 Å². The summed E-state index contributed by atoms with van der Waals surface area (Å²) in [4.78, 5) is 26.1. The molecule has 1 amide bonds. The van der Waals surface area contributed by atoms with Gasteiger partial charge in [-0.15, -0.1) is 0 Å². The molecule has 3 rings (SSSR count). The van der Waals surface area contributed by atoms with Crippen molar-refractivity contribution in [3.8, 4) is 0 Å². The maximum absolute atomic E-state index is 12.6. The molecule has 23 heavy (non-hydrogen) atoms. The average molecular weight is 316 g/mol. The van der Waals surface area contributed by atoms with Gasteiger partial charge in [0, 0.05) is 30.4 Å². The number of aryl methyl sites for hydroxylation is 2. The number of hydrogen-bond donors (Lipinski definition) is 0. The molecule has 0 saturated carbocycles. The Hall–Kier alpha value is -1.49. The van der Waals surface area contributed by atoms with Crippen LogP contribution in [-0.2, 0) is 4.79 Å². The van der Waals surface area contributed by atoms with E-state index in [1.807, 2.05) is 24.8 Å². The van der Waals surface area contributed by atoms with E-state index in [0.29, 0.717) is 12.5 Å². The predicted molar refractivity (Wildman–Crippen MR) is 90.4 cm³/mol. The first-order valence-corrected chi connectivity index (χ1v) is 8.94. The first-order chi connectivity index (χ1) is 11.1. The number of likely N-dealkylation sites (tertiary alicyclic amines) is 2. The van der Waals surface area contributed by atoms with Crippen LogP contribution in [0.15, 0.2) is 6.07 Å². The molecular formula is C18H28N4O. The average Bonchev–Trinajstić information content (AvgIpc) is 2.86. The lowest BCUT2D eigenvalue weighted by Crippen LogP contribution is -2.39. The van der Waals surface area contributed by atoms with Gasteiger partial charge in [-0.2, -0.15) is 0 Å². The summed E-state index contributed by atoms with van der Waals surface area (Å²) in [6.07, 6.45) is 6.05. The number of rotatable bonds is 3. The first kappa shape index (κ1) is 16.4. The molecule has 2 aliphatic rings. The number of carbonyl (C=O) groups excluding carboxylic acids is 1. The van der Waals surface area contributed by atoms with Gasteiger partial charge in [-0.1, -0.05) is 12.8 Å². The summed E-state index contributed by atoms with van der Waals surface area (Å²) >= 11 is 0. The lowest BCUT2D eigenvalue weighted by Gasteiger charge is -2.23. The molecule has 2 aliphatic heterocycles. The van der Waals surface area contributed by atoms with Gasteiger partial charge in [0.2, 0.25) is 5.91 Å². The molecule has 0 unspecified atom stereocenters. The van der Waals surface area contributed by atoms with E-state index in [0.717, 1.165) is 49.8 Å². The van der Waals surface area contributed by atoms with Gasteiger partial charge in [0.05, 0.1) is 6.54 Å². The van der Waals surface area contributed by atoms with E-state index >= 15 is 0 Å². The van der Waals surface area contributed by atoms with Crippen molar-refractivity contribution in [2.24, 2.45) is 0 Å². The van der Waals surface area contributed by atoms with Gasteiger partial charge in [-0.25, -0.2) is 9.97 Å². The standard InChI is InChI=1S/C18H28N4O/c1-14-11-15(2)20-18(19-14)16-7-10-22(12-16)17(23)13-21-8-5-3-4-6-9-21/h11,16H,3-10,12-13H2,1-2H3/t16-/m0/s1. The first-order valence-electron chi connectivity index (χ1n) is 8.94. The highest BCUT2D eigenvalue weighted by molar-refractivity contribution is 5.78. The van der Waals surface area contributed by atoms with Gasteiger partial charge in [-0.3, -0.25) is 9.69 Å². The molecule has 0 bridgehead atoms. The van der Waals surface area contributed by atoms with Crippen molar-refractivity contribution in [2.75, 3.05) is 32.7 Å². The maximum atomic E-state index is 12.6. The summed E-state index contributed by atoms with van der Waals surface area (Å²) in [5.74, 6) is 1.48. The molecule has 126 valence electrons. The summed E-state index contributed by atoms with van der Waals surface area (Å²) in [5.41, 5.74) is 2.03. The SMILES string of the molecule is Cc1cc(C)nc([C@H]2CCN(C(=O)CN3CCCCCC3)C2)n1. The molecule has 2 saturated heterocycles. The third-order valence-corrected chi connectivity index (χ3v) is 4.96. The van der Waals surface area contributed by atoms with Crippen molar-refractivity contribution >= 4 is 5.91 Å². The van der Waals surface area contributed by atoms with Crippen molar-refractivity contribution in [3.63, 3.8) is 0 Å². The van der Waals surface area contributed by atoms with Gasteiger partial charge in [0.15, 0.2) is 0 Å². The van der Waals surface area contributed by atoms with Crippen molar-refractivity contribution < 1.29 is 4.79 Å². The van der Waals surface area contributed by atoms with Gasteiger partial charge in [0.1, 0.15) is 5.82 Å². The number of hydrogen-bond acceptors (Lipinski definition) is 4. The second-order valence-corrected chi connectivity index (χ2v) is 7.02. The summed E-state index contributed by atoms with van der Waals surface area (Å²) in [7, 11) is 0. The van der Waals surface area contributed by atoms with Crippen molar-refractivity contribution in [3.05, 3.63) is 23.3 Å². The van der Waals surface area contributed by atoms with Gasteiger partial charge < -0.3 is 4.90 Å². The van der Waals surface area contributed by atoms with Crippen molar-refractivity contribution in [2.45, 2.75) is 51.9 Å². The van der Waals surface area contributed by atoms with Crippen LogP contribution in [0.4, 0.5) is 0 Å². The number of carbonyl (C=O) groups is 1. The molecular weight excluding hydrogens is 288 g/mol. The second-order valence-electron chi connectivity index (χ2n) is 7.02. The van der Waals surface area contributed by atoms with Crippen LogP contribution in [-0.4, -0.2) is 58.4 Å². The Bertz CT molecular complexity index is 532. The van der Waals surface area contributed by atoms with Gasteiger partial charge >= 0.3 is 0 Å². The minimum atomic E-state index is 0.277. The fraction of sp³-hybridized carbons (Fsp3) is 0.722. The van der Waals surface area contributed by atoms with Crippen LogP contribution in [0.1, 0.15) is 55.2 Å². The Morgan fingerprint density at radius 3 is 2.39 bits per heavy atom. The highest BCUT2D eigenvalue weighted by Crippen LogP contribution is 2.25. The van der Waals surface area contributed by atoms with Gasteiger partial charge in [0.25, 0.3) is 0 Å². The Labute approximate surface area is 139 Å². The highest BCUT2D eigenvalue weighted by Gasteiger charge is 2.30. The predicted octanol–water partition coefficient (Wildman–Crippen LogP) is 2.29. The zero-order valence-corrected chi connectivity index (χ0v) is 14.4. The van der Waals surface area contributed by atoms with Gasteiger partial charge in [-0.05, 0) is 52.3 Å². The van der Waals surface area contributed by atoms with Crippen LogP contribution >= 0.6 is 0 Å². The molecule has 0 N–H and O–H groups in total. The minimum absolute atomic E-state index is 0.277. The maximum Gasteiger partial charge on any atom is 0.236 e. The highest BCUT2D eigenvalue weighted by atomic mass is 16.2. The largest absolute Gasteiger partial charge is 0.341 e. The fourth-order valence-corrected chi connectivity index (χ4v) is 3.72.